The van der Waals surface area contributed by atoms with Gasteiger partial charge in [-0.25, -0.2) is 9.59 Å². The fourth-order valence-corrected chi connectivity index (χ4v) is 1.18. The molecule has 0 aliphatic heterocycles. The topological polar surface area (TPSA) is 152 Å². The Hall–Kier alpha value is -1.89. The molecule has 0 bridgehead atoms. The zero-order chi connectivity index (χ0) is 19.9. The molecule has 0 spiro atoms. The van der Waals surface area contributed by atoms with Gasteiger partial charge in [0.1, 0.15) is 11.6 Å². The van der Waals surface area contributed by atoms with Crippen molar-refractivity contribution < 1.29 is 42.8 Å². The van der Waals surface area contributed by atoms with E-state index < -0.39 is 47.9 Å². The van der Waals surface area contributed by atoms with Gasteiger partial charge in [-0.1, -0.05) is 13.8 Å². The van der Waals surface area contributed by atoms with Crippen molar-refractivity contribution in [2.24, 2.45) is 5.92 Å². The Kier molecular flexibility index (Phi) is 18.0. The molecule has 0 aromatic carbocycles. The first-order valence-corrected chi connectivity index (χ1v) is 7.14. The van der Waals surface area contributed by atoms with Crippen molar-refractivity contribution in [1.82, 2.24) is 0 Å². The van der Waals surface area contributed by atoms with Crippen molar-refractivity contribution in [3.8, 4) is 0 Å². The first kappa shape index (κ1) is 27.0. The Morgan fingerprint density at radius 1 is 0.833 bits per heavy atom. The molecule has 0 atom stereocenters. The highest BCUT2D eigenvalue weighted by atomic mass is 27.1. The van der Waals surface area contributed by atoms with E-state index in [0.717, 1.165) is 6.61 Å². The molecular weight excluding hydrogens is 339 g/mol. The summed E-state index contributed by atoms with van der Waals surface area (Å²) in [5.41, 5.74) is 0. The number of hydrogen-bond donors (Lipinski definition) is 2. The number of rotatable bonds is 8. The predicted molar refractivity (Wildman–Crippen MR) is 82.4 cm³/mol. The van der Waals surface area contributed by atoms with Crippen molar-refractivity contribution >= 4 is 51.7 Å². The summed E-state index contributed by atoms with van der Waals surface area (Å²) >= 11 is 2.22. The summed E-state index contributed by atoms with van der Waals surface area (Å²) in [6, 6.07) is 0. The molecule has 0 aliphatic rings. The molecule has 24 heavy (non-hydrogen) atoms. The first-order chi connectivity index (χ1) is 10.8. The molecule has 2 N–H and O–H groups in total. The van der Waals surface area contributed by atoms with E-state index in [-0.39, 0.29) is 0 Å². The molecule has 0 unspecified atom stereocenters. The van der Waals surface area contributed by atoms with Crippen molar-refractivity contribution in [2.75, 3.05) is 6.61 Å². The van der Waals surface area contributed by atoms with Gasteiger partial charge in [-0.15, -0.1) is 0 Å². The smallest absolute Gasteiger partial charge is 0.372 e. The summed E-state index contributed by atoms with van der Waals surface area (Å²) in [4.78, 5) is 59.9. The highest BCUT2D eigenvalue weighted by Crippen LogP contribution is 1.87. The molecular formula is C14H21AlO9. The monoisotopic (exact) mass is 360 g/mol. The van der Waals surface area contributed by atoms with Gasteiger partial charge in [0.2, 0.25) is 11.6 Å². The maximum Gasteiger partial charge on any atom is 0.372 e. The van der Waals surface area contributed by atoms with E-state index in [1.807, 2.05) is 0 Å². The number of aliphatic carboxylic acids is 2. The van der Waals surface area contributed by atoms with Crippen LogP contribution >= 0.6 is 0 Å². The number of hydrogen-bond acceptors (Lipinski definition) is 7. The fraction of sp³-hybridized carbons (Fsp3) is 0.571. The minimum absolute atomic E-state index is 0.428. The van der Waals surface area contributed by atoms with Crippen LogP contribution in [0.5, 0.6) is 0 Å². The Bertz CT molecular complexity index is 431. The molecule has 0 heterocycles. The number of carboxylic acid groups (broad SMARTS) is 2. The second kappa shape index (κ2) is 16.0. The van der Waals surface area contributed by atoms with Gasteiger partial charge in [-0.05, 0) is 19.8 Å². The van der Waals surface area contributed by atoms with E-state index in [4.69, 9.17) is 14.0 Å². The lowest BCUT2D eigenvalue weighted by Gasteiger charge is -2.00. The van der Waals surface area contributed by atoms with Gasteiger partial charge < -0.3 is 14.0 Å². The number of ketones is 4. The Labute approximate surface area is 148 Å². The van der Waals surface area contributed by atoms with Crippen LogP contribution in [0, 0.1) is 5.92 Å². The predicted octanol–water partition coefficient (Wildman–Crippen LogP) is -0.0191. The summed E-state index contributed by atoms with van der Waals surface area (Å²) in [6.07, 6.45) is -1.01. The maximum absolute atomic E-state index is 10.1. The highest BCUT2D eigenvalue weighted by molar-refractivity contribution is 6.36. The van der Waals surface area contributed by atoms with Crippen molar-refractivity contribution in [2.45, 2.75) is 40.5 Å². The van der Waals surface area contributed by atoms with E-state index in [1.54, 1.807) is 0 Å². The van der Waals surface area contributed by atoms with E-state index in [9.17, 15) is 28.8 Å². The molecule has 0 rings (SSSR count). The molecule has 0 aromatic rings. The molecule has 0 amide bonds. The van der Waals surface area contributed by atoms with Gasteiger partial charge in [0.05, 0.1) is 12.8 Å². The zero-order valence-corrected chi connectivity index (χ0v) is 15.2. The van der Waals surface area contributed by atoms with Gasteiger partial charge in [0.25, 0.3) is 0 Å². The highest BCUT2D eigenvalue weighted by Gasteiger charge is 2.13. The SMILES string of the molecule is CC(=O)CC(=O)C(=O)O.CC(=O)CC(=O)C(=O)O.CC(C)C[O][Al]. The van der Waals surface area contributed by atoms with Crippen molar-refractivity contribution in [3.05, 3.63) is 0 Å². The van der Waals surface area contributed by atoms with Crippen LogP contribution in [-0.4, -0.2) is 68.5 Å². The lowest BCUT2D eigenvalue weighted by molar-refractivity contribution is -0.150. The lowest BCUT2D eigenvalue weighted by atomic mass is 10.2. The molecule has 0 aliphatic carbocycles. The summed E-state index contributed by atoms with van der Waals surface area (Å²) in [6.45, 7) is 7.40. The summed E-state index contributed by atoms with van der Waals surface area (Å²) in [7, 11) is 0. The quantitative estimate of drug-likeness (QED) is 0.345. The van der Waals surface area contributed by atoms with Crippen LogP contribution in [0.15, 0.2) is 0 Å². The number of carbonyl (C=O) groups excluding carboxylic acids is 4. The molecule has 9 nitrogen and oxygen atoms in total. The van der Waals surface area contributed by atoms with Gasteiger partial charge in [0.15, 0.2) is 0 Å². The third-order valence-electron chi connectivity index (χ3n) is 1.73. The van der Waals surface area contributed by atoms with E-state index in [0.29, 0.717) is 5.92 Å². The molecule has 0 saturated carbocycles. The molecule has 134 valence electrons. The summed E-state index contributed by atoms with van der Waals surface area (Å²) < 4.78 is 4.72. The first-order valence-electron chi connectivity index (χ1n) is 6.67. The average Bonchev–Trinajstić information content (AvgIpc) is 2.38. The molecule has 0 fully saturated rings. The molecule has 10 heteroatoms. The summed E-state index contributed by atoms with van der Waals surface area (Å²) in [5.74, 6) is -5.41. The molecule has 0 aromatic heterocycles. The van der Waals surface area contributed by atoms with E-state index >= 15 is 0 Å². The largest absolute Gasteiger partial charge is 0.516 e. The van der Waals surface area contributed by atoms with Crippen LogP contribution in [0.3, 0.4) is 0 Å². The van der Waals surface area contributed by atoms with Gasteiger partial charge in [-0.3, -0.25) is 19.2 Å². The minimum Gasteiger partial charge on any atom is -0.516 e. The van der Waals surface area contributed by atoms with Crippen molar-refractivity contribution in [1.29, 1.82) is 0 Å². The second-order valence-corrected chi connectivity index (χ2v) is 5.27. The van der Waals surface area contributed by atoms with Gasteiger partial charge >= 0.3 is 28.6 Å². The number of carbonyl (C=O) groups is 6. The average molecular weight is 360 g/mol. The van der Waals surface area contributed by atoms with E-state index in [1.165, 1.54) is 13.8 Å². The van der Waals surface area contributed by atoms with Crippen LogP contribution in [0.1, 0.15) is 40.5 Å². The van der Waals surface area contributed by atoms with Crippen LogP contribution in [-0.2, 0) is 32.6 Å². The number of Topliss-reactive ketones (excluding diaryl/α,β-unsaturated/α-hetero) is 4. The lowest BCUT2D eigenvalue weighted by Crippen LogP contribution is -2.15. The zero-order valence-electron chi connectivity index (χ0n) is 14.0. The molecule has 0 saturated heterocycles. The van der Waals surface area contributed by atoms with Crippen LogP contribution < -0.4 is 0 Å². The minimum atomic E-state index is -1.55. The maximum atomic E-state index is 10.1. The van der Waals surface area contributed by atoms with Crippen molar-refractivity contribution in [3.63, 3.8) is 0 Å². The van der Waals surface area contributed by atoms with Gasteiger partial charge in [0, 0.05) is 6.61 Å². The Morgan fingerprint density at radius 3 is 1.17 bits per heavy atom. The number of carboxylic acids is 2. The third kappa shape index (κ3) is 25.1. The third-order valence-corrected chi connectivity index (χ3v) is 1.92. The molecule has 2 radical (unpaired) electrons. The van der Waals surface area contributed by atoms with Gasteiger partial charge in [-0.2, -0.15) is 0 Å². The summed E-state index contributed by atoms with van der Waals surface area (Å²) in [5, 5.41) is 15.9. The van der Waals surface area contributed by atoms with E-state index in [2.05, 4.69) is 30.5 Å². The normalized spacial score (nSPS) is 8.88. The van der Waals surface area contributed by atoms with Crippen LogP contribution in [0.2, 0.25) is 0 Å². The van der Waals surface area contributed by atoms with Crippen LogP contribution in [0.25, 0.3) is 0 Å². The fourth-order valence-electron chi connectivity index (χ4n) is 0.796. The second-order valence-electron chi connectivity index (χ2n) is 4.94. The Balaban J connectivity index is -0.000000282. The van der Waals surface area contributed by atoms with Crippen LogP contribution in [0.4, 0.5) is 0 Å². The standard InChI is InChI=1S/2C5H6O4.C4H9O.Al/c2*1-3(6)2-4(7)5(8)9;1-4(2)3-5;/h2*2H2,1H3,(H,8,9);4H,3H2,1-2H3;/q;;-1;+1. The Morgan fingerprint density at radius 2 is 1.12 bits per heavy atom.